The van der Waals surface area contributed by atoms with Crippen molar-refractivity contribution in [2.75, 3.05) is 26.2 Å². The molecule has 104 valence electrons. The number of nitrogens with zero attached hydrogens (tertiary/aromatic N) is 2. The lowest BCUT2D eigenvalue weighted by Gasteiger charge is -2.33. The van der Waals surface area contributed by atoms with Crippen LogP contribution in [0.25, 0.3) is 0 Å². The molecule has 2 saturated heterocycles. The van der Waals surface area contributed by atoms with Crippen LogP contribution >= 0.6 is 0 Å². The van der Waals surface area contributed by atoms with Crippen LogP contribution in [0, 0.1) is 0 Å². The molecule has 2 aliphatic heterocycles. The Morgan fingerprint density at radius 2 is 2.05 bits per heavy atom. The van der Waals surface area contributed by atoms with Gasteiger partial charge in [0.25, 0.3) is 5.91 Å². The molecule has 5 nitrogen and oxygen atoms in total. The van der Waals surface area contributed by atoms with Crippen molar-refractivity contribution in [2.24, 2.45) is 0 Å². The van der Waals surface area contributed by atoms with Gasteiger partial charge in [-0.2, -0.15) is 0 Å². The van der Waals surface area contributed by atoms with Gasteiger partial charge >= 0.3 is 0 Å². The van der Waals surface area contributed by atoms with Crippen molar-refractivity contribution in [1.29, 1.82) is 0 Å². The van der Waals surface area contributed by atoms with E-state index in [1.165, 1.54) is 25.5 Å². The number of aliphatic hydroxyl groups excluding tert-OH is 1. The van der Waals surface area contributed by atoms with Crippen LogP contribution in [0.5, 0.6) is 0 Å². The third-order valence-electron chi connectivity index (χ3n) is 4.14. The smallest absolute Gasteiger partial charge is 0.289 e. The molecule has 1 amide bonds. The average Bonchev–Trinajstić information content (AvgIpc) is 3.08. The Kier molecular flexibility index (Phi) is 3.57. The number of likely N-dealkylation sites (tertiary alicyclic amines) is 2. The first-order chi connectivity index (χ1) is 9.25. The maximum atomic E-state index is 12.2. The molecule has 0 saturated carbocycles. The first kappa shape index (κ1) is 12.7. The van der Waals surface area contributed by atoms with Gasteiger partial charge < -0.3 is 14.4 Å². The van der Waals surface area contributed by atoms with Crippen molar-refractivity contribution in [3.05, 3.63) is 24.2 Å². The standard InChI is InChI=1S/C14H20N2O3/c17-12-10-16(14(18)13-5-4-8-19-13)9-11(12)15-6-2-1-3-7-15/h4-5,8,11-12,17H,1-3,6-7,9-10H2/t11-,12-/m1/s1. The third-order valence-corrected chi connectivity index (χ3v) is 4.14. The van der Waals surface area contributed by atoms with E-state index in [9.17, 15) is 9.90 Å². The highest BCUT2D eigenvalue weighted by Gasteiger charge is 2.38. The first-order valence-corrected chi connectivity index (χ1v) is 7.00. The summed E-state index contributed by atoms with van der Waals surface area (Å²) in [6.07, 6.45) is 4.71. The zero-order valence-electron chi connectivity index (χ0n) is 11.0. The van der Waals surface area contributed by atoms with Gasteiger partial charge in [-0.05, 0) is 38.1 Å². The topological polar surface area (TPSA) is 56.9 Å². The normalized spacial score (nSPS) is 28.8. The lowest BCUT2D eigenvalue weighted by Crippen LogP contribution is -2.46. The maximum absolute atomic E-state index is 12.2. The SMILES string of the molecule is O=C(c1ccco1)N1C[C@@H](O)[C@H](N2CCCCC2)C1. The number of hydrogen-bond donors (Lipinski definition) is 1. The predicted octanol–water partition coefficient (Wildman–Crippen LogP) is 0.951. The molecule has 2 aliphatic rings. The van der Waals surface area contributed by atoms with Crippen molar-refractivity contribution in [3.8, 4) is 0 Å². The molecule has 2 atom stereocenters. The van der Waals surface area contributed by atoms with Crippen LogP contribution in [-0.2, 0) is 0 Å². The summed E-state index contributed by atoms with van der Waals surface area (Å²) in [5.41, 5.74) is 0. The summed E-state index contributed by atoms with van der Waals surface area (Å²) in [5, 5.41) is 10.2. The molecule has 3 heterocycles. The monoisotopic (exact) mass is 264 g/mol. The van der Waals surface area contributed by atoms with Crippen LogP contribution in [-0.4, -0.2) is 59.1 Å². The van der Waals surface area contributed by atoms with Gasteiger partial charge in [-0.1, -0.05) is 6.42 Å². The van der Waals surface area contributed by atoms with Gasteiger partial charge in [-0.15, -0.1) is 0 Å². The molecule has 2 fully saturated rings. The number of rotatable bonds is 2. The summed E-state index contributed by atoms with van der Waals surface area (Å²) in [6, 6.07) is 3.46. The lowest BCUT2D eigenvalue weighted by atomic mass is 10.1. The fourth-order valence-electron chi connectivity index (χ4n) is 3.10. The van der Waals surface area contributed by atoms with Crippen molar-refractivity contribution >= 4 is 5.91 Å². The van der Waals surface area contributed by atoms with Gasteiger partial charge in [0.15, 0.2) is 5.76 Å². The fraction of sp³-hybridized carbons (Fsp3) is 0.643. The predicted molar refractivity (Wildman–Crippen MR) is 69.8 cm³/mol. The first-order valence-electron chi connectivity index (χ1n) is 7.00. The van der Waals surface area contributed by atoms with Crippen molar-refractivity contribution in [3.63, 3.8) is 0 Å². The van der Waals surface area contributed by atoms with E-state index in [1.807, 2.05) is 0 Å². The average molecular weight is 264 g/mol. The van der Waals surface area contributed by atoms with E-state index in [1.54, 1.807) is 17.0 Å². The molecule has 1 N–H and O–H groups in total. The van der Waals surface area contributed by atoms with Crippen LogP contribution in [0.2, 0.25) is 0 Å². The minimum absolute atomic E-state index is 0.0826. The molecule has 1 aromatic rings. The van der Waals surface area contributed by atoms with Crippen molar-refractivity contribution in [1.82, 2.24) is 9.80 Å². The second-order valence-corrected chi connectivity index (χ2v) is 5.42. The van der Waals surface area contributed by atoms with Crippen LogP contribution in [0.4, 0.5) is 0 Å². The van der Waals surface area contributed by atoms with Gasteiger partial charge in [-0.25, -0.2) is 0 Å². The summed E-state index contributed by atoms with van der Waals surface area (Å²) in [6.45, 7) is 3.07. The van der Waals surface area contributed by atoms with E-state index in [4.69, 9.17) is 4.42 Å². The maximum Gasteiger partial charge on any atom is 0.289 e. The Bertz CT molecular complexity index is 426. The number of aliphatic hydroxyl groups is 1. The summed E-state index contributed by atoms with van der Waals surface area (Å²) in [5.74, 6) is 0.232. The largest absolute Gasteiger partial charge is 0.459 e. The molecule has 1 aromatic heterocycles. The van der Waals surface area contributed by atoms with Crippen LogP contribution in [0.1, 0.15) is 29.8 Å². The highest BCUT2D eigenvalue weighted by atomic mass is 16.3. The number of hydrogen-bond acceptors (Lipinski definition) is 4. The van der Waals surface area contributed by atoms with E-state index >= 15 is 0 Å². The number of amides is 1. The molecule has 0 spiro atoms. The second-order valence-electron chi connectivity index (χ2n) is 5.42. The van der Waals surface area contributed by atoms with E-state index in [0.29, 0.717) is 18.8 Å². The molecular formula is C14H20N2O3. The zero-order valence-corrected chi connectivity index (χ0v) is 11.0. The number of furan rings is 1. The van der Waals surface area contributed by atoms with E-state index in [2.05, 4.69) is 4.90 Å². The Labute approximate surface area is 112 Å². The summed E-state index contributed by atoms with van der Waals surface area (Å²) >= 11 is 0. The molecule has 5 heteroatoms. The number of carbonyl (C=O) groups excluding carboxylic acids is 1. The minimum Gasteiger partial charge on any atom is -0.459 e. The van der Waals surface area contributed by atoms with Crippen molar-refractivity contribution < 1.29 is 14.3 Å². The van der Waals surface area contributed by atoms with Crippen LogP contribution in [0.15, 0.2) is 22.8 Å². The molecule has 0 radical (unpaired) electrons. The number of piperidine rings is 1. The Morgan fingerprint density at radius 3 is 2.74 bits per heavy atom. The molecule has 0 aromatic carbocycles. The number of carbonyl (C=O) groups is 1. The van der Waals surface area contributed by atoms with Gasteiger partial charge in [0, 0.05) is 13.1 Å². The quantitative estimate of drug-likeness (QED) is 0.864. The molecule has 0 unspecified atom stereocenters. The highest BCUT2D eigenvalue weighted by Crippen LogP contribution is 2.22. The lowest BCUT2D eigenvalue weighted by molar-refractivity contribution is 0.0700. The highest BCUT2D eigenvalue weighted by molar-refractivity contribution is 5.91. The Morgan fingerprint density at radius 1 is 1.26 bits per heavy atom. The van der Waals surface area contributed by atoms with Crippen molar-refractivity contribution in [2.45, 2.75) is 31.4 Å². The van der Waals surface area contributed by atoms with E-state index in [-0.39, 0.29) is 11.9 Å². The number of β-amino-alcohol motifs (C(OH)–C–C–N with tert-alkyl or cyclic N) is 1. The fourth-order valence-corrected chi connectivity index (χ4v) is 3.10. The van der Waals surface area contributed by atoms with Crippen LogP contribution < -0.4 is 0 Å². The van der Waals surface area contributed by atoms with Gasteiger partial charge in [-0.3, -0.25) is 9.69 Å². The van der Waals surface area contributed by atoms with Gasteiger partial charge in [0.05, 0.1) is 18.4 Å². The van der Waals surface area contributed by atoms with E-state index < -0.39 is 6.10 Å². The van der Waals surface area contributed by atoms with Gasteiger partial charge in [0.1, 0.15) is 0 Å². The molecule has 19 heavy (non-hydrogen) atoms. The Hall–Kier alpha value is -1.33. The summed E-state index contributed by atoms with van der Waals surface area (Å²) in [4.78, 5) is 16.2. The van der Waals surface area contributed by atoms with Crippen LogP contribution in [0.3, 0.4) is 0 Å². The molecule has 0 bridgehead atoms. The second kappa shape index (κ2) is 5.35. The Balaban J connectivity index is 1.65. The van der Waals surface area contributed by atoms with E-state index in [0.717, 1.165) is 13.1 Å². The molecule has 3 rings (SSSR count). The molecular weight excluding hydrogens is 244 g/mol. The minimum atomic E-state index is -0.447. The van der Waals surface area contributed by atoms with Gasteiger partial charge in [0.2, 0.25) is 0 Å². The third kappa shape index (κ3) is 2.53. The zero-order chi connectivity index (χ0) is 13.2. The molecule has 0 aliphatic carbocycles. The summed E-state index contributed by atoms with van der Waals surface area (Å²) < 4.78 is 5.14. The summed E-state index contributed by atoms with van der Waals surface area (Å²) in [7, 11) is 0.